The van der Waals surface area contributed by atoms with E-state index in [0.717, 1.165) is 0 Å². The maximum Gasteiger partial charge on any atom is 0.256 e. The lowest BCUT2D eigenvalue weighted by atomic mass is 10.2. The number of para-hydroxylation sites is 2. The number of aromatic nitrogens is 3. The minimum Gasteiger partial charge on any atom is -0.307 e. The standard InChI is InChI=1S/C26H19ClN4O3S/c1-2-16-31-24-22(28-20-10-6-7-11-21(20)29-24)23(35(33,34)19-8-4-3-5-9-19)25(31)30-26(32)17-12-14-18(27)15-13-17/h2-15H,1,16H2,(H,30,32). The van der Waals surface area contributed by atoms with E-state index < -0.39 is 15.7 Å². The van der Waals surface area contributed by atoms with Crippen LogP contribution in [0.25, 0.3) is 22.2 Å². The van der Waals surface area contributed by atoms with Crippen molar-refractivity contribution in [1.29, 1.82) is 0 Å². The van der Waals surface area contributed by atoms with E-state index in [1.807, 2.05) is 6.07 Å². The second-order valence-electron chi connectivity index (χ2n) is 7.74. The minimum absolute atomic E-state index is 0.0685. The molecule has 0 aliphatic carbocycles. The summed E-state index contributed by atoms with van der Waals surface area (Å²) in [6.07, 6.45) is 1.60. The third-order valence-corrected chi connectivity index (χ3v) is 7.55. The Morgan fingerprint density at radius 1 is 0.943 bits per heavy atom. The van der Waals surface area contributed by atoms with Crippen molar-refractivity contribution in [3.8, 4) is 0 Å². The van der Waals surface area contributed by atoms with Crippen molar-refractivity contribution in [3.63, 3.8) is 0 Å². The van der Waals surface area contributed by atoms with Crippen LogP contribution in [0, 0.1) is 0 Å². The van der Waals surface area contributed by atoms with Gasteiger partial charge in [0.25, 0.3) is 5.91 Å². The van der Waals surface area contributed by atoms with Gasteiger partial charge in [-0.05, 0) is 48.5 Å². The molecule has 0 atom stereocenters. The Balaban J connectivity index is 1.82. The van der Waals surface area contributed by atoms with Crippen molar-refractivity contribution >= 4 is 55.4 Å². The van der Waals surface area contributed by atoms with E-state index in [0.29, 0.717) is 27.3 Å². The Kier molecular flexibility index (Phi) is 5.84. The van der Waals surface area contributed by atoms with Gasteiger partial charge >= 0.3 is 0 Å². The maximum absolute atomic E-state index is 13.9. The Morgan fingerprint density at radius 2 is 1.57 bits per heavy atom. The lowest BCUT2D eigenvalue weighted by Gasteiger charge is -2.12. The van der Waals surface area contributed by atoms with Gasteiger partial charge in [-0.3, -0.25) is 4.79 Å². The number of carbonyl (C=O) groups excluding carboxylic acids is 1. The van der Waals surface area contributed by atoms with E-state index in [2.05, 4.69) is 16.9 Å². The fraction of sp³-hybridized carbons (Fsp3) is 0.0385. The molecule has 3 aromatic carbocycles. The number of nitrogens with zero attached hydrogens (tertiary/aromatic N) is 3. The van der Waals surface area contributed by atoms with Crippen molar-refractivity contribution in [2.75, 3.05) is 5.32 Å². The quantitative estimate of drug-likeness (QED) is 0.309. The first-order valence-electron chi connectivity index (χ1n) is 10.7. The van der Waals surface area contributed by atoms with Crippen molar-refractivity contribution in [3.05, 3.63) is 102 Å². The number of fused-ring (bicyclic) bond motifs is 2. The van der Waals surface area contributed by atoms with Crippen molar-refractivity contribution in [1.82, 2.24) is 14.5 Å². The normalized spacial score (nSPS) is 11.6. The average Bonchev–Trinajstić information content (AvgIpc) is 3.16. The van der Waals surface area contributed by atoms with Gasteiger partial charge in [0.1, 0.15) is 16.2 Å². The topological polar surface area (TPSA) is 94.0 Å². The number of hydrogen-bond donors (Lipinski definition) is 1. The number of allylic oxidation sites excluding steroid dienone is 1. The third-order valence-electron chi connectivity index (χ3n) is 5.48. The summed E-state index contributed by atoms with van der Waals surface area (Å²) >= 11 is 5.96. The lowest BCUT2D eigenvalue weighted by molar-refractivity contribution is 0.102. The number of hydrogen-bond acceptors (Lipinski definition) is 5. The molecule has 1 amide bonds. The summed E-state index contributed by atoms with van der Waals surface area (Å²) in [5.74, 6) is -0.428. The van der Waals surface area contributed by atoms with Crippen molar-refractivity contribution < 1.29 is 13.2 Å². The van der Waals surface area contributed by atoms with Crippen molar-refractivity contribution in [2.24, 2.45) is 0 Å². The van der Waals surface area contributed by atoms with Gasteiger partial charge < -0.3 is 9.88 Å². The van der Waals surface area contributed by atoms with Crippen molar-refractivity contribution in [2.45, 2.75) is 16.3 Å². The van der Waals surface area contributed by atoms with Crippen LogP contribution in [0.3, 0.4) is 0 Å². The predicted octanol–water partition coefficient (Wildman–Crippen LogP) is 5.51. The second-order valence-corrected chi connectivity index (χ2v) is 10.1. The number of benzene rings is 3. The van der Waals surface area contributed by atoms with E-state index in [4.69, 9.17) is 16.6 Å². The highest BCUT2D eigenvalue weighted by molar-refractivity contribution is 7.92. The predicted molar refractivity (Wildman–Crippen MR) is 137 cm³/mol. The largest absolute Gasteiger partial charge is 0.307 e. The Labute approximate surface area is 206 Å². The van der Waals surface area contributed by atoms with Crippen LogP contribution in [-0.4, -0.2) is 28.9 Å². The van der Waals surface area contributed by atoms with Gasteiger partial charge in [-0.2, -0.15) is 0 Å². The SMILES string of the molecule is C=CCn1c(NC(=O)c2ccc(Cl)cc2)c(S(=O)(=O)c2ccccc2)c2nc3ccccc3nc21. The van der Waals surface area contributed by atoms with Gasteiger partial charge in [-0.1, -0.05) is 48.0 Å². The zero-order valence-corrected chi connectivity index (χ0v) is 19.9. The third kappa shape index (κ3) is 4.07. The summed E-state index contributed by atoms with van der Waals surface area (Å²) in [4.78, 5) is 22.5. The Morgan fingerprint density at radius 3 is 2.23 bits per heavy atom. The highest BCUT2D eigenvalue weighted by atomic mass is 35.5. The summed E-state index contributed by atoms with van der Waals surface area (Å²) in [7, 11) is -4.09. The molecule has 5 aromatic rings. The molecular weight excluding hydrogens is 484 g/mol. The molecule has 2 heterocycles. The van der Waals surface area contributed by atoms with Crippen LogP contribution in [-0.2, 0) is 16.4 Å². The van der Waals surface area contributed by atoms with E-state index in [-0.39, 0.29) is 27.7 Å². The van der Waals surface area contributed by atoms with E-state index in [1.54, 1.807) is 71.3 Å². The molecule has 1 N–H and O–H groups in total. The van der Waals surface area contributed by atoms with Gasteiger partial charge in [0.05, 0.1) is 15.9 Å². The number of nitrogens with one attached hydrogen (secondary N) is 1. The monoisotopic (exact) mass is 502 g/mol. The van der Waals surface area contributed by atoms with E-state index in [1.165, 1.54) is 12.1 Å². The molecule has 0 unspecified atom stereocenters. The molecule has 35 heavy (non-hydrogen) atoms. The number of halogens is 1. The number of rotatable bonds is 6. The zero-order chi connectivity index (χ0) is 24.6. The molecule has 0 saturated carbocycles. The number of amides is 1. The van der Waals surface area contributed by atoms with E-state index in [9.17, 15) is 13.2 Å². The molecule has 9 heteroatoms. The molecule has 0 spiro atoms. The van der Waals surface area contributed by atoms with Crippen LogP contribution in [0.4, 0.5) is 5.82 Å². The molecule has 0 saturated heterocycles. The van der Waals surface area contributed by atoms with Crippen LogP contribution in [0.2, 0.25) is 5.02 Å². The molecule has 5 rings (SSSR count). The minimum atomic E-state index is -4.09. The number of anilines is 1. The molecule has 174 valence electrons. The molecule has 2 aromatic heterocycles. The van der Waals surface area contributed by atoms with Crippen LogP contribution in [0.1, 0.15) is 10.4 Å². The molecular formula is C26H19ClN4O3S. The first kappa shape index (κ1) is 22.8. The van der Waals surface area contributed by atoms with Gasteiger partial charge in [-0.15, -0.1) is 6.58 Å². The molecule has 0 bridgehead atoms. The first-order chi connectivity index (χ1) is 16.9. The second kappa shape index (κ2) is 8.98. The highest BCUT2D eigenvalue weighted by Gasteiger charge is 2.32. The van der Waals surface area contributed by atoms with Gasteiger partial charge in [0.15, 0.2) is 5.65 Å². The van der Waals surface area contributed by atoms with Crippen LogP contribution < -0.4 is 5.32 Å². The number of carbonyl (C=O) groups is 1. The molecule has 7 nitrogen and oxygen atoms in total. The fourth-order valence-electron chi connectivity index (χ4n) is 3.86. The highest BCUT2D eigenvalue weighted by Crippen LogP contribution is 2.37. The number of sulfone groups is 1. The van der Waals surface area contributed by atoms with Crippen LogP contribution in [0.5, 0.6) is 0 Å². The van der Waals surface area contributed by atoms with Gasteiger partial charge in [-0.25, -0.2) is 18.4 Å². The summed E-state index contributed by atoms with van der Waals surface area (Å²) in [5.41, 5.74) is 1.95. The van der Waals surface area contributed by atoms with Gasteiger partial charge in [0, 0.05) is 17.1 Å². The molecule has 0 aliphatic rings. The molecule has 0 radical (unpaired) electrons. The fourth-order valence-corrected chi connectivity index (χ4v) is 5.54. The average molecular weight is 503 g/mol. The van der Waals surface area contributed by atoms with Crippen LogP contribution >= 0.6 is 11.6 Å². The smallest absolute Gasteiger partial charge is 0.256 e. The molecule has 0 aliphatic heterocycles. The molecule has 0 fully saturated rings. The maximum atomic E-state index is 13.9. The van der Waals surface area contributed by atoms with Crippen LogP contribution in [0.15, 0.2) is 101 Å². The summed E-state index contributed by atoms with van der Waals surface area (Å²) in [6, 6.07) is 21.5. The van der Waals surface area contributed by atoms with E-state index >= 15 is 0 Å². The Hall–Kier alpha value is -4.01. The lowest BCUT2D eigenvalue weighted by Crippen LogP contribution is -2.17. The summed E-state index contributed by atoms with van der Waals surface area (Å²) in [6.45, 7) is 4.00. The Bertz CT molecular complexity index is 1700. The van der Waals surface area contributed by atoms with Gasteiger partial charge in [0.2, 0.25) is 9.84 Å². The zero-order valence-electron chi connectivity index (χ0n) is 18.3. The summed E-state index contributed by atoms with van der Waals surface area (Å²) in [5, 5.41) is 3.27. The summed E-state index contributed by atoms with van der Waals surface area (Å²) < 4.78 is 29.4. The first-order valence-corrected chi connectivity index (χ1v) is 12.5.